The molecule has 6 heteroatoms. The van der Waals surface area contributed by atoms with Gasteiger partial charge in [-0.3, -0.25) is 19.3 Å². The number of nitrogens with two attached hydrogens (primary N) is 1. The molecule has 1 saturated heterocycles. The molecule has 1 aliphatic heterocycles. The fraction of sp³-hybridized carbons (Fsp3) is 0.438. The Hall–Kier alpha value is -2.21. The maximum Gasteiger partial charge on any atom is 0.252 e. The van der Waals surface area contributed by atoms with Gasteiger partial charge in [0.25, 0.3) is 5.91 Å². The average molecular weight is 303 g/mol. The number of likely N-dealkylation sites (tertiary alicyclic amines) is 1. The average Bonchev–Trinajstić information content (AvgIpc) is 2.74. The number of amides is 3. The quantitative estimate of drug-likeness (QED) is 0.784. The molecular formula is C16H21N3O3. The number of nitrogens with zero attached hydrogens (tertiary/aromatic N) is 1. The van der Waals surface area contributed by atoms with Crippen LogP contribution in [-0.2, 0) is 14.4 Å². The van der Waals surface area contributed by atoms with Crippen molar-refractivity contribution in [1.82, 2.24) is 10.2 Å². The molecule has 6 nitrogen and oxygen atoms in total. The molecule has 1 aromatic rings. The highest BCUT2D eigenvalue weighted by molar-refractivity contribution is 6.07. The van der Waals surface area contributed by atoms with Gasteiger partial charge in [0.15, 0.2) is 0 Å². The van der Waals surface area contributed by atoms with Crippen molar-refractivity contribution >= 4 is 17.7 Å². The van der Waals surface area contributed by atoms with Crippen LogP contribution < -0.4 is 11.1 Å². The molecule has 3 N–H and O–H groups in total. The summed E-state index contributed by atoms with van der Waals surface area (Å²) in [6.07, 6.45) is 0.0903. The van der Waals surface area contributed by atoms with E-state index >= 15 is 0 Å². The van der Waals surface area contributed by atoms with Gasteiger partial charge in [-0.1, -0.05) is 30.3 Å². The molecule has 1 aromatic carbocycles. The smallest absolute Gasteiger partial charge is 0.252 e. The van der Waals surface area contributed by atoms with Crippen molar-refractivity contribution < 1.29 is 14.4 Å². The first-order chi connectivity index (χ1) is 10.4. The SMILES string of the molecule is CC(C)N1C(=O)CC(NC(=O)CC(N)c2ccccc2)C1=O. The predicted octanol–water partition coefficient (Wildman–Crippen LogP) is 0.729. The summed E-state index contributed by atoms with van der Waals surface area (Å²) in [6.45, 7) is 3.54. The lowest BCUT2D eigenvalue weighted by molar-refractivity contribution is -0.141. The van der Waals surface area contributed by atoms with Gasteiger partial charge in [0.1, 0.15) is 6.04 Å². The van der Waals surface area contributed by atoms with E-state index in [0.29, 0.717) is 0 Å². The van der Waals surface area contributed by atoms with Crippen LogP contribution >= 0.6 is 0 Å². The number of benzene rings is 1. The second-order valence-corrected chi connectivity index (χ2v) is 5.74. The van der Waals surface area contributed by atoms with E-state index in [1.165, 1.54) is 4.90 Å². The molecule has 0 radical (unpaired) electrons. The number of carbonyl (C=O) groups is 3. The zero-order valence-electron chi connectivity index (χ0n) is 12.8. The van der Waals surface area contributed by atoms with E-state index in [2.05, 4.69) is 5.32 Å². The van der Waals surface area contributed by atoms with Crippen LogP contribution in [0, 0.1) is 0 Å². The number of carbonyl (C=O) groups excluding carboxylic acids is 3. The van der Waals surface area contributed by atoms with Crippen LogP contribution in [0.4, 0.5) is 0 Å². The third-order valence-electron chi connectivity index (χ3n) is 3.67. The van der Waals surface area contributed by atoms with Crippen LogP contribution in [-0.4, -0.2) is 34.7 Å². The minimum atomic E-state index is -0.773. The van der Waals surface area contributed by atoms with Gasteiger partial charge in [0.05, 0.1) is 6.42 Å². The largest absolute Gasteiger partial charge is 0.344 e. The number of nitrogens with one attached hydrogen (secondary N) is 1. The molecule has 22 heavy (non-hydrogen) atoms. The summed E-state index contributed by atoms with van der Waals surface area (Å²) >= 11 is 0. The molecule has 1 aliphatic rings. The number of imide groups is 1. The monoisotopic (exact) mass is 303 g/mol. The molecule has 0 bridgehead atoms. The summed E-state index contributed by atoms with van der Waals surface area (Å²) in [4.78, 5) is 37.1. The van der Waals surface area contributed by atoms with Gasteiger partial charge in [-0.25, -0.2) is 0 Å². The van der Waals surface area contributed by atoms with Gasteiger partial charge in [-0.05, 0) is 19.4 Å². The molecule has 0 spiro atoms. The third-order valence-corrected chi connectivity index (χ3v) is 3.67. The highest BCUT2D eigenvalue weighted by Crippen LogP contribution is 2.17. The van der Waals surface area contributed by atoms with Gasteiger partial charge >= 0.3 is 0 Å². The minimum Gasteiger partial charge on any atom is -0.344 e. The van der Waals surface area contributed by atoms with Crippen molar-refractivity contribution in [1.29, 1.82) is 0 Å². The van der Waals surface area contributed by atoms with E-state index in [1.807, 2.05) is 30.3 Å². The molecule has 0 saturated carbocycles. The summed E-state index contributed by atoms with van der Waals surface area (Å²) in [7, 11) is 0. The van der Waals surface area contributed by atoms with Crippen LogP contribution in [0.15, 0.2) is 30.3 Å². The minimum absolute atomic E-state index is 0.0172. The van der Waals surface area contributed by atoms with Crippen molar-refractivity contribution in [3.05, 3.63) is 35.9 Å². The van der Waals surface area contributed by atoms with Crippen molar-refractivity contribution in [2.75, 3.05) is 0 Å². The fourth-order valence-corrected chi connectivity index (χ4v) is 2.58. The highest BCUT2D eigenvalue weighted by atomic mass is 16.2. The van der Waals surface area contributed by atoms with Crippen LogP contribution in [0.1, 0.15) is 38.3 Å². The normalized spacial score (nSPS) is 19.6. The Morgan fingerprint density at radius 2 is 1.95 bits per heavy atom. The lowest BCUT2D eigenvalue weighted by Crippen LogP contribution is -2.44. The third kappa shape index (κ3) is 3.51. The maximum absolute atomic E-state index is 12.1. The van der Waals surface area contributed by atoms with Crippen molar-refractivity contribution in [3.63, 3.8) is 0 Å². The first-order valence-corrected chi connectivity index (χ1v) is 7.36. The van der Waals surface area contributed by atoms with E-state index in [4.69, 9.17) is 5.73 Å². The van der Waals surface area contributed by atoms with Crippen LogP contribution in [0.2, 0.25) is 0 Å². The Kier molecular flexibility index (Phi) is 4.92. The standard InChI is InChI=1S/C16H21N3O3/c1-10(2)19-15(21)9-13(16(19)22)18-14(20)8-12(17)11-6-4-3-5-7-11/h3-7,10,12-13H,8-9,17H2,1-2H3,(H,18,20). The zero-order chi connectivity index (χ0) is 16.3. The molecule has 0 aliphatic carbocycles. The number of hydrogen-bond donors (Lipinski definition) is 2. The molecule has 1 heterocycles. The second kappa shape index (κ2) is 6.70. The van der Waals surface area contributed by atoms with Crippen LogP contribution in [0.25, 0.3) is 0 Å². The van der Waals surface area contributed by atoms with Gasteiger partial charge in [0.2, 0.25) is 11.8 Å². The van der Waals surface area contributed by atoms with E-state index < -0.39 is 12.1 Å². The summed E-state index contributed by atoms with van der Waals surface area (Å²) < 4.78 is 0. The van der Waals surface area contributed by atoms with E-state index in [0.717, 1.165) is 5.56 Å². The summed E-state index contributed by atoms with van der Waals surface area (Å²) in [5, 5.41) is 2.61. The summed E-state index contributed by atoms with van der Waals surface area (Å²) in [5.41, 5.74) is 6.84. The molecular weight excluding hydrogens is 282 g/mol. The zero-order valence-corrected chi connectivity index (χ0v) is 12.8. The van der Waals surface area contributed by atoms with Crippen molar-refractivity contribution in [2.45, 2.75) is 44.8 Å². The van der Waals surface area contributed by atoms with Crippen molar-refractivity contribution in [2.24, 2.45) is 5.73 Å². The Labute approximate surface area is 129 Å². The molecule has 2 rings (SSSR count). The van der Waals surface area contributed by atoms with Gasteiger partial charge < -0.3 is 11.1 Å². The maximum atomic E-state index is 12.1. The first kappa shape index (κ1) is 16.2. The highest BCUT2D eigenvalue weighted by Gasteiger charge is 2.40. The molecule has 1 fully saturated rings. The molecule has 2 atom stereocenters. The Morgan fingerprint density at radius 3 is 2.50 bits per heavy atom. The Balaban J connectivity index is 1.93. The molecule has 0 aromatic heterocycles. The molecule has 118 valence electrons. The van der Waals surface area contributed by atoms with Gasteiger partial charge in [0, 0.05) is 18.5 Å². The lowest BCUT2D eigenvalue weighted by Gasteiger charge is -2.19. The summed E-state index contributed by atoms with van der Waals surface area (Å²) in [5.74, 6) is -0.924. The topological polar surface area (TPSA) is 92.5 Å². The van der Waals surface area contributed by atoms with Crippen molar-refractivity contribution in [3.8, 4) is 0 Å². The first-order valence-electron chi connectivity index (χ1n) is 7.36. The van der Waals surface area contributed by atoms with Crippen LogP contribution in [0.5, 0.6) is 0 Å². The van der Waals surface area contributed by atoms with Gasteiger partial charge in [-0.2, -0.15) is 0 Å². The van der Waals surface area contributed by atoms with E-state index in [-0.39, 0.29) is 36.6 Å². The second-order valence-electron chi connectivity index (χ2n) is 5.74. The molecule has 3 amide bonds. The van der Waals surface area contributed by atoms with E-state index in [9.17, 15) is 14.4 Å². The fourth-order valence-electron chi connectivity index (χ4n) is 2.58. The lowest BCUT2D eigenvalue weighted by atomic mass is 10.0. The van der Waals surface area contributed by atoms with Gasteiger partial charge in [-0.15, -0.1) is 0 Å². The molecule has 2 unspecified atom stereocenters. The van der Waals surface area contributed by atoms with E-state index in [1.54, 1.807) is 13.8 Å². The predicted molar refractivity (Wildman–Crippen MR) is 81.5 cm³/mol. The van der Waals surface area contributed by atoms with Crippen LogP contribution in [0.3, 0.4) is 0 Å². The Morgan fingerprint density at radius 1 is 1.32 bits per heavy atom. The summed E-state index contributed by atoms with van der Waals surface area (Å²) in [6, 6.07) is 7.87. The Bertz CT molecular complexity index is 571. The number of rotatable bonds is 5. The number of hydrogen-bond acceptors (Lipinski definition) is 4.